The molecule has 0 aromatic heterocycles. The summed E-state index contributed by atoms with van der Waals surface area (Å²) < 4.78 is 11.6. The molecule has 4 rings (SSSR count). The molecule has 7 nitrogen and oxygen atoms in total. The van der Waals surface area contributed by atoms with Crippen molar-refractivity contribution in [1.29, 1.82) is 0 Å². The van der Waals surface area contributed by atoms with E-state index in [1.807, 2.05) is 6.92 Å². The standard InChI is InChI=1S/C29H28N2O5/c1-3-5-18-36-25-17-16-21(20-26(25)35-4-2)19-24-27(32)30(22-12-8-6-9-13-22)29(34)31(28(24)33)23-14-10-7-11-15-23/h6-17,19-20H,3-5,18H2,1-2H3. The van der Waals surface area contributed by atoms with Gasteiger partial charge < -0.3 is 9.47 Å². The summed E-state index contributed by atoms with van der Waals surface area (Å²) in [6.07, 6.45) is 3.41. The average molecular weight is 485 g/mol. The van der Waals surface area contributed by atoms with E-state index in [0.29, 0.717) is 41.7 Å². The number of unbranched alkanes of at least 4 members (excludes halogenated alkanes) is 1. The minimum absolute atomic E-state index is 0.135. The summed E-state index contributed by atoms with van der Waals surface area (Å²) in [6.45, 7) is 4.95. The molecular weight excluding hydrogens is 456 g/mol. The summed E-state index contributed by atoms with van der Waals surface area (Å²) in [6, 6.07) is 21.6. The molecule has 184 valence electrons. The van der Waals surface area contributed by atoms with E-state index >= 15 is 0 Å². The highest BCUT2D eigenvalue weighted by Crippen LogP contribution is 2.32. The number of hydrogen-bond acceptors (Lipinski definition) is 5. The number of benzene rings is 3. The van der Waals surface area contributed by atoms with E-state index in [1.165, 1.54) is 6.08 Å². The Morgan fingerprint density at radius 1 is 0.722 bits per heavy atom. The fraction of sp³-hybridized carbons (Fsp3) is 0.207. The number of ether oxygens (including phenoxy) is 2. The Morgan fingerprint density at radius 2 is 1.31 bits per heavy atom. The fourth-order valence-electron chi connectivity index (χ4n) is 3.83. The second-order valence-electron chi connectivity index (χ2n) is 8.13. The zero-order valence-corrected chi connectivity index (χ0v) is 20.3. The van der Waals surface area contributed by atoms with E-state index in [9.17, 15) is 14.4 Å². The van der Waals surface area contributed by atoms with Crippen molar-refractivity contribution in [2.24, 2.45) is 0 Å². The molecule has 0 aliphatic carbocycles. The van der Waals surface area contributed by atoms with Crippen molar-refractivity contribution in [3.05, 3.63) is 90.0 Å². The van der Waals surface area contributed by atoms with E-state index in [0.717, 1.165) is 22.6 Å². The predicted octanol–water partition coefficient (Wildman–Crippen LogP) is 5.85. The molecule has 0 saturated carbocycles. The van der Waals surface area contributed by atoms with Crippen LogP contribution in [0, 0.1) is 0 Å². The van der Waals surface area contributed by atoms with Gasteiger partial charge in [-0.15, -0.1) is 0 Å². The van der Waals surface area contributed by atoms with Gasteiger partial charge in [-0.3, -0.25) is 9.59 Å². The Bertz CT molecular complexity index is 1210. The quantitative estimate of drug-likeness (QED) is 0.216. The van der Waals surface area contributed by atoms with Crippen molar-refractivity contribution in [1.82, 2.24) is 0 Å². The molecule has 1 aliphatic rings. The van der Waals surface area contributed by atoms with Crippen LogP contribution in [0.1, 0.15) is 32.3 Å². The maximum Gasteiger partial charge on any atom is 0.343 e. The van der Waals surface area contributed by atoms with Crippen LogP contribution in [0.5, 0.6) is 11.5 Å². The van der Waals surface area contributed by atoms with Crippen LogP contribution < -0.4 is 19.3 Å². The first-order valence-electron chi connectivity index (χ1n) is 12.0. The summed E-state index contributed by atoms with van der Waals surface area (Å²) in [5.74, 6) is -0.260. The van der Waals surface area contributed by atoms with E-state index < -0.39 is 17.8 Å². The van der Waals surface area contributed by atoms with Crippen LogP contribution in [0.25, 0.3) is 6.08 Å². The van der Waals surface area contributed by atoms with E-state index in [-0.39, 0.29) is 5.57 Å². The molecule has 1 heterocycles. The van der Waals surface area contributed by atoms with E-state index in [4.69, 9.17) is 9.47 Å². The predicted molar refractivity (Wildman–Crippen MR) is 139 cm³/mol. The van der Waals surface area contributed by atoms with Gasteiger partial charge in [-0.05, 0) is 61.4 Å². The number of nitrogens with zero attached hydrogens (tertiary/aromatic N) is 2. The van der Waals surface area contributed by atoms with Gasteiger partial charge in [0, 0.05) is 0 Å². The first-order valence-corrected chi connectivity index (χ1v) is 12.0. The lowest BCUT2D eigenvalue weighted by Crippen LogP contribution is -2.57. The summed E-state index contributed by atoms with van der Waals surface area (Å²) in [5, 5.41) is 0. The highest BCUT2D eigenvalue weighted by Gasteiger charge is 2.43. The molecule has 1 aliphatic heterocycles. The number of urea groups is 1. The highest BCUT2D eigenvalue weighted by atomic mass is 16.5. The van der Waals surface area contributed by atoms with Gasteiger partial charge in [0.1, 0.15) is 5.57 Å². The van der Waals surface area contributed by atoms with Gasteiger partial charge in [0.05, 0.1) is 24.6 Å². The number of hydrogen-bond donors (Lipinski definition) is 0. The Kier molecular flexibility index (Phi) is 7.80. The number of para-hydroxylation sites is 2. The Morgan fingerprint density at radius 3 is 1.83 bits per heavy atom. The number of rotatable bonds is 9. The zero-order valence-electron chi connectivity index (χ0n) is 20.3. The van der Waals surface area contributed by atoms with Gasteiger partial charge in [0.15, 0.2) is 11.5 Å². The highest BCUT2D eigenvalue weighted by molar-refractivity contribution is 6.46. The second-order valence-corrected chi connectivity index (χ2v) is 8.13. The topological polar surface area (TPSA) is 76.2 Å². The zero-order chi connectivity index (χ0) is 25.5. The van der Waals surface area contributed by atoms with Gasteiger partial charge >= 0.3 is 6.03 Å². The van der Waals surface area contributed by atoms with Crippen LogP contribution in [0.15, 0.2) is 84.4 Å². The van der Waals surface area contributed by atoms with Gasteiger partial charge in [-0.2, -0.15) is 0 Å². The maximum atomic E-state index is 13.5. The maximum absolute atomic E-state index is 13.5. The molecule has 3 aromatic rings. The second kappa shape index (κ2) is 11.4. The van der Waals surface area contributed by atoms with Crippen molar-refractivity contribution in [3.63, 3.8) is 0 Å². The summed E-state index contributed by atoms with van der Waals surface area (Å²) in [7, 11) is 0. The van der Waals surface area contributed by atoms with Crippen molar-refractivity contribution < 1.29 is 23.9 Å². The van der Waals surface area contributed by atoms with E-state index in [1.54, 1.807) is 78.9 Å². The molecule has 0 spiro atoms. The number of carbonyl (C=O) groups is 3. The normalized spacial score (nSPS) is 13.7. The molecule has 3 aromatic carbocycles. The first kappa shape index (κ1) is 24.7. The molecule has 1 fully saturated rings. The van der Waals surface area contributed by atoms with Crippen molar-refractivity contribution in [2.75, 3.05) is 23.0 Å². The number of carbonyl (C=O) groups excluding carboxylic acids is 3. The lowest BCUT2D eigenvalue weighted by Gasteiger charge is -2.33. The van der Waals surface area contributed by atoms with Gasteiger partial charge in [0.25, 0.3) is 11.8 Å². The number of amides is 4. The largest absolute Gasteiger partial charge is 0.490 e. The lowest BCUT2D eigenvalue weighted by atomic mass is 10.0. The SMILES string of the molecule is CCCCOc1ccc(C=C2C(=O)N(c3ccccc3)C(=O)N(c3ccccc3)C2=O)cc1OCC. The van der Waals surface area contributed by atoms with Gasteiger partial charge in [0.2, 0.25) is 0 Å². The van der Waals surface area contributed by atoms with E-state index in [2.05, 4.69) is 6.92 Å². The van der Waals surface area contributed by atoms with Gasteiger partial charge in [-0.1, -0.05) is 55.8 Å². The fourth-order valence-corrected chi connectivity index (χ4v) is 3.83. The molecule has 4 amide bonds. The molecule has 7 heteroatoms. The third kappa shape index (κ3) is 5.15. The monoisotopic (exact) mass is 484 g/mol. The molecule has 0 N–H and O–H groups in total. The van der Waals surface area contributed by atoms with Crippen LogP contribution in [-0.4, -0.2) is 31.1 Å². The van der Waals surface area contributed by atoms with Crippen molar-refractivity contribution >= 4 is 35.3 Å². The van der Waals surface area contributed by atoms with Gasteiger partial charge in [-0.25, -0.2) is 14.6 Å². The molecular formula is C29H28N2O5. The van der Waals surface area contributed by atoms with Crippen LogP contribution in [-0.2, 0) is 9.59 Å². The van der Waals surface area contributed by atoms with Crippen molar-refractivity contribution in [3.8, 4) is 11.5 Å². The third-order valence-electron chi connectivity index (χ3n) is 5.61. The molecule has 0 bridgehead atoms. The minimum Gasteiger partial charge on any atom is -0.490 e. The first-order chi connectivity index (χ1) is 17.5. The van der Waals surface area contributed by atoms with Crippen LogP contribution in [0.4, 0.5) is 16.2 Å². The molecule has 0 radical (unpaired) electrons. The van der Waals surface area contributed by atoms with Crippen LogP contribution in [0.2, 0.25) is 0 Å². The number of anilines is 2. The molecule has 1 saturated heterocycles. The Labute approximate surface area is 210 Å². The molecule has 0 unspecified atom stereocenters. The Hall–Kier alpha value is -4.39. The third-order valence-corrected chi connectivity index (χ3v) is 5.61. The molecule has 36 heavy (non-hydrogen) atoms. The average Bonchev–Trinajstić information content (AvgIpc) is 2.89. The smallest absolute Gasteiger partial charge is 0.343 e. The number of barbiturate groups is 1. The molecule has 0 atom stereocenters. The Balaban J connectivity index is 1.77. The van der Waals surface area contributed by atoms with Crippen LogP contribution in [0.3, 0.4) is 0 Å². The summed E-state index contributed by atoms with van der Waals surface area (Å²) >= 11 is 0. The van der Waals surface area contributed by atoms with Crippen LogP contribution >= 0.6 is 0 Å². The lowest BCUT2D eigenvalue weighted by molar-refractivity contribution is -0.121. The summed E-state index contributed by atoms with van der Waals surface area (Å²) in [5.41, 5.74) is 1.20. The number of imide groups is 2. The summed E-state index contributed by atoms with van der Waals surface area (Å²) in [4.78, 5) is 42.5. The minimum atomic E-state index is -0.728. The van der Waals surface area contributed by atoms with Crippen molar-refractivity contribution in [2.45, 2.75) is 26.7 Å².